The number of aromatic nitrogens is 1. The Labute approximate surface area is 181 Å². The van der Waals surface area contributed by atoms with Crippen LogP contribution >= 0.6 is 23.2 Å². The fourth-order valence-corrected chi connectivity index (χ4v) is 4.04. The third-order valence-electron chi connectivity index (χ3n) is 4.88. The molecular weight excluding hydrogens is 403 g/mol. The molecule has 1 aromatic heterocycles. The number of anilines is 2. The number of halogens is 2. The first-order valence-electron chi connectivity index (χ1n) is 9.55. The SMILES string of the molecule is CN(C)CCCN1c2ccccc2C(c2ccc(Cl)cc2Cl)=Nc2cccnc21. The number of para-hydroxylation sites is 1. The highest BCUT2D eigenvalue weighted by Gasteiger charge is 2.25. The van der Waals surface area contributed by atoms with Gasteiger partial charge >= 0.3 is 0 Å². The van der Waals surface area contributed by atoms with Crippen LogP contribution in [0.1, 0.15) is 17.5 Å². The minimum atomic E-state index is 0.581. The monoisotopic (exact) mass is 424 g/mol. The minimum absolute atomic E-state index is 0.581. The van der Waals surface area contributed by atoms with Gasteiger partial charge < -0.3 is 9.80 Å². The van der Waals surface area contributed by atoms with Crippen molar-refractivity contribution in [2.75, 3.05) is 32.1 Å². The fraction of sp³-hybridized carbons (Fsp3) is 0.217. The summed E-state index contributed by atoms with van der Waals surface area (Å²) in [5.74, 6) is 0.860. The molecule has 1 aliphatic rings. The van der Waals surface area contributed by atoms with Crippen LogP contribution in [-0.2, 0) is 0 Å². The predicted octanol–water partition coefficient (Wildman–Crippen LogP) is 5.96. The second kappa shape index (κ2) is 8.54. The maximum atomic E-state index is 6.56. The highest BCUT2D eigenvalue weighted by molar-refractivity contribution is 6.38. The van der Waals surface area contributed by atoms with Gasteiger partial charge in [-0.15, -0.1) is 0 Å². The first-order valence-corrected chi connectivity index (χ1v) is 10.3. The van der Waals surface area contributed by atoms with Crippen molar-refractivity contribution >= 4 is 46.1 Å². The summed E-state index contributed by atoms with van der Waals surface area (Å²) >= 11 is 12.7. The average Bonchev–Trinajstić information content (AvgIpc) is 2.83. The summed E-state index contributed by atoms with van der Waals surface area (Å²) in [4.78, 5) is 14.1. The van der Waals surface area contributed by atoms with Crippen LogP contribution in [0.2, 0.25) is 10.0 Å². The Balaban J connectivity index is 1.88. The van der Waals surface area contributed by atoms with Gasteiger partial charge in [-0.1, -0.05) is 41.4 Å². The first-order chi connectivity index (χ1) is 14.0. The molecule has 0 spiro atoms. The summed E-state index contributed by atoms with van der Waals surface area (Å²) in [5, 5.41) is 1.19. The van der Waals surface area contributed by atoms with E-state index >= 15 is 0 Å². The van der Waals surface area contributed by atoms with Crippen LogP contribution in [0.4, 0.5) is 17.2 Å². The number of nitrogens with zero attached hydrogens (tertiary/aromatic N) is 4. The van der Waals surface area contributed by atoms with Crippen LogP contribution < -0.4 is 4.90 Å². The van der Waals surface area contributed by atoms with Gasteiger partial charge in [0.15, 0.2) is 5.82 Å². The van der Waals surface area contributed by atoms with Crippen LogP contribution in [-0.4, -0.2) is 42.8 Å². The number of hydrogen-bond acceptors (Lipinski definition) is 4. The number of rotatable bonds is 5. The maximum Gasteiger partial charge on any atom is 0.159 e. The summed E-state index contributed by atoms with van der Waals surface area (Å²) < 4.78 is 0. The van der Waals surface area contributed by atoms with Gasteiger partial charge in [-0.3, -0.25) is 0 Å². The Bertz CT molecular complexity index is 1060. The lowest BCUT2D eigenvalue weighted by Gasteiger charge is -2.26. The molecule has 0 N–H and O–H groups in total. The summed E-state index contributed by atoms with van der Waals surface area (Å²) in [6.07, 6.45) is 2.82. The quantitative estimate of drug-likeness (QED) is 0.506. The number of benzene rings is 2. The van der Waals surface area contributed by atoms with Crippen molar-refractivity contribution < 1.29 is 0 Å². The molecule has 0 bridgehead atoms. The van der Waals surface area contributed by atoms with Crippen molar-refractivity contribution in [3.05, 3.63) is 82.0 Å². The molecule has 0 amide bonds. The third kappa shape index (κ3) is 4.15. The highest BCUT2D eigenvalue weighted by Crippen LogP contribution is 2.40. The normalized spacial score (nSPS) is 13.0. The van der Waals surface area contributed by atoms with E-state index in [1.165, 1.54) is 0 Å². The molecule has 0 saturated heterocycles. The number of aliphatic imine (C=N–C) groups is 1. The second-order valence-corrected chi connectivity index (χ2v) is 8.10. The van der Waals surface area contributed by atoms with Crippen LogP contribution in [0.3, 0.4) is 0 Å². The van der Waals surface area contributed by atoms with Gasteiger partial charge in [0.25, 0.3) is 0 Å². The molecule has 0 radical (unpaired) electrons. The molecule has 0 aliphatic carbocycles. The molecule has 0 unspecified atom stereocenters. The summed E-state index contributed by atoms with van der Waals surface area (Å²) in [7, 11) is 4.18. The van der Waals surface area contributed by atoms with Gasteiger partial charge in [0.1, 0.15) is 5.69 Å². The van der Waals surface area contributed by atoms with Crippen molar-refractivity contribution in [2.45, 2.75) is 6.42 Å². The molecule has 1 aliphatic heterocycles. The van der Waals surface area contributed by atoms with Crippen molar-refractivity contribution in [3.63, 3.8) is 0 Å². The smallest absolute Gasteiger partial charge is 0.159 e. The van der Waals surface area contributed by atoms with Gasteiger partial charge in [0.05, 0.1) is 16.4 Å². The average molecular weight is 425 g/mol. The molecule has 4 nitrogen and oxygen atoms in total. The van der Waals surface area contributed by atoms with Crippen molar-refractivity contribution in [3.8, 4) is 0 Å². The van der Waals surface area contributed by atoms with Gasteiger partial charge in [0, 0.05) is 28.9 Å². The first kappa shape index (κ1) is 19.9. The molecule has 3 aromatic rings. The Morgan fingerprint density at radius 2 is 1.79 bits per heavy atom. The minimum Gasteiger partial charge on any atom is -0.324 e. The van der Waals surface area contributed by atoms with Crippen molar-refractivity contribution in [2.24, 2.45) is 4.99 Å². The molecule has 4 rings (SSSR count). The molecule has 2 heterocycles. The Hall–Kier alpha value is -2.40. The number of hydrogen-bond donors (Lipinski definition) is 0. The summed E-state index contributed by atoms with van der Waals surface area (Å²) in [5.41, 5.74) is 4.61. The molecular formula is C23H22Cl2N4. The lowest BCUT2D eigenvalue weighted by atomic mass is 10.00. The van der Waals surface area contributed by atoms with Crippen molar-refractivity contribution in [1.29, 1.82) is 0 Å². The summed E-state index contributed by atoms with van der Waals surface area (Å²) in [6.45, 7) is 1.84. The van der Waals surface area contributed by atoms with E-state index in [2.05, 4.69) is 41.0 Å². The van der Waals surface area contributed by atoms with E-state index in [0.717, 1.165) is 53.5 Å². The zero-order valence-corrected chi connectivity index (χ0v) is 18.0. The van der Waals surface area contributed by atoms with Crippen LogP contribution in [0.15, 0.2) is 65.8 Å². The maximum absolute atomic E-state index is 6.56. The van der Waals surface area contributed by atoms with Gasteiger partial charge in [0.2, 0.25) is 0 Å². The number of pyridine rings is 1. The fourth-order valence-electron chi connectivity index (χ4n) is 3.55. The zero-order valence-electron chi connectivity index (χ0n) is 16.4. The Morgan fingerprint density at radius 3 is 2.59 bits per heavy atom. The second-order valence-electron chi connectivity index (χ2n) is 7.26. The van der Waals surface area contributed by atoms with Crippen LogP contribution in [0, 0.1) is 0 Å². The van der Waals surface area contributed by atoms with Crippen LogP contribution in [0.5, 0.6) is 0 Å². The van der Waals surface area contributed by atoms with E-state index in [4.69, 9.17) is 28.2 Å². The molecule has 0 atom stereocenters. The van der Waals surface area contributed by atoms with E-state index < -0.39 is 0 Å². The van der Waals surface area contributed by atoms with E-state index in [0.29, 0.717) is 10.0 Å². The topological polar surface area (TPSA) is 31.7 Å². The van der Waals surface area contributed by atoms with E-state index in [9.17, 15) is 0 Å². The lowest BCUT2D eigenvalue weighted by molar-refractivity contribution is 0.402. The molecule has 0 saturated carbocycles. The van der Waals surface area contributed by atoms with Crippen LogP contribution in [0.25, 0.3) is 0 Å². The van der Waals surface area contributed by atoms with Gasteiger partial charge in [-0.25, -0.2) is 9.98 Å². The zero-order chi connectivity index (χ0) is 20.4. The summed E-state index contributed by atoms with van der Waals surface area (Å²) in [6, 6.07) is 17.7. The Kier molecular flexibility index (Phi) is 5.86. The molecule has 0 fully saturated rings. The third-order valence-corrected chi connectivity index (χ3v) is 5.43. The molecule has 2 aromatic carbocycles. The predicted molar refractivity (Wildman–Crippen MR) is 123 cm³/mol. The molecule has 6 heteroatoms. The largest absolute Gasteiger partial charge is 0.324 e. The standard InChI is InChI=1S/C23H22Cl2N4/c1-28(2)13-6-14-29-21-9-4-3-7-18(21)22(17-11-10-16(24)15-19(17)25)27-20-8-5-12-26-23(20)29/h3-5,7-12,15H,6,13-14H2,1-2H3. The number of fused-ring (bicyclic) bond motifs is 2. The van der Waals surface area contributed by atoms with Gasteiger partial charge in [-0.05, 0) is 63.5 Å². The lowest BCUT2D eigenvalue weighted by Crippen LogP contribution is -2.24. The van der Waals surface area contributed by atoms with E-state index in [1.807, 2.05) is 42.6 Å². The molecule has 29 heavy (non-hydrogen) atoms. The van der Waals surface area contributed by atoms with E-state index in [-0.39, 0.29) is 0 Å². The molecule has 148 valence electrons. The Morgan fingerprint density at radius 1 is 0.966 bits per heavy atom. The van der Waals surface area contributed by atoms with Gasteiger partial charge in [-0.2, -0.15) is 0 Å². The van der Waals surface area contributed by atoms with E-state index in [1.54, 1.807) is 6.07 Å². The van der Waals surface area contributed by atoms with Crippen molar-refractivity contribution in [1.82, 2.24) is 9.88 Å². The highest BCUT2D eigenvalue weighted by atomic mass is 35.5.